The van der Waals surface area contributed by atoms with E-state index >= 15 is 0 Å². The Labute approximate surface area is 164 Å². The normalized spacial score (nSPS) is 14.1. The fraction of sp³-hybridized carbons (Fsp3) is 0.261. The van der Waals surface area contributed by atoms with Gasteiger partial charge >= 0.3 is 5.97 Å². The van der Waals surface area contributed by atoms with Gasteiger partial charge in [-0.25, -0.2) is 4.79 Å². The monoisotopic (exact) mass is 378 g/mol. The molecule has 2 aromatic carbocycles. The van der Waals surface area contributed by atoms with E-state index in [1.54, 1.807) is 54.6 Å². The number of esters is 1. The maximum atomic E-state index is 13.1. The first kappa shape index (κ1) is 19.7. The summed E-state index contributed by atoms with van der Waals surface area (Å²) < 4.78 is 10.8. The van der Waals surface area contributed by atoms with Crippen LogP contribution in [0.5, 0.6) is 0 Å². The molecule has 0 unspecified atom stereocenters. The Morgan fingerprint density at radius 2 is 1.39 bits per heavy atom. The molecule has 2 aromatic rings. The van der Waals surface area contributed by atoms with Crippen molar-refractivity contribution in [2.75, 3.05) is 13.2 Å². The second-order valence-corrected chi connectivity index (χ2v) is 7.42. The van der Waals surface area contributed by atoms with E-state index in [-0.39, 0.29) is 41.3 Å². The fourth-order valence-electron chi connectivity index (χ4n) is 3.00. The van der Waals surface area contributed by atoms with Crippen LogP contribution in [0, 0.1) is 0 Å². The summed E-state index contributed by atoms with van der Waals surface area (Å²) in [4.78, 5) is 38.9. The fourth-order valence-corrected chi connectivity index (χ4v) is 3.00. The van der Waals surface area contributed by atoms with E-state index in [0.717, 1.165) is 0 Å². The zero-order valence-corrected chi connectivity index (χ0v) is 16.2. The molecule has 1 aliphatic carbocycles. The van der Waals surface area contributed by atoms with Crippen LogP contribution in [0.25, 0.3) is 5.57 Å². The van der Waals surface area contributed by atoms with Crippen LogP contribution in [0.2, 0.25) is 0 Å². The molecule has 144 valence electrons. The Morgan fingerprint density at radius 1 is 0.821 bits per heavy atom. The number of fused-ring (bicyclic) bond motifs is 1. The van der Waals surface area contributed by atoms with Gasteiger partial charge < -0.3 is 9.47 Å². The number of Topliss-reactive ketones (excluding diaryl/α,β-unsaturated/α-hetero) is 2. The molecule has 5 nitrogen and oxygen atoms in total. The highest BCUT2D eigenvalue weighted by molar-refractivity contribution is 6.46. The first-order valence-electron chi connectivity index (χ1n) is 9.09. The molecule has 0 fully saturated rings. The van der Waals surface area contributed by atoms with Crippen molar-refractivity contribution in [3.63, 3.8) is 0 Å². The van der Waals surface area contributed by atoms with Gasteiger partial charge in [0.05, 0.1) is 12.2 Å². The zero-order valence-electron chi connectivity index (χ0n) is 16.2. The van der Waals surface area contributed by atoms with Crippen molar-refractivity contribution in [3.05, 3.63) is 76.9 Å². The third kappa shape index (κ3) is 4.10. The topological polar surface area (TPSA) is 69.7 Å². The van der Waals surface area contributed by atoms with Crippen LogP contribution < -0.4 is 0 Å². The summed E-state index contributed by atoms with van der Waals surface area (Å²) in [6, 6.07) is 15.2. The Balaban J connectivity index is 1.97. The third-order valence-electron chi connectivity index (χ3n) is 4.24. The van der Waals surface area contributed by atoms with Gasteiger partial charge in [-0.05, 0) is 26.3 Å². The van der Waals surface area contributed by atoms with Gasteiger partial charge in [0.1, 0.15) is 12.2 Å². The van der Waals surface area contributed by atoms with Crippen molar-refractivity contribution >= 4 is 23.1 Å². The van der Waals surface area contributed by atoms with Gasteiger partial charge in [0, 0.05) is 16.7 Å². The van der Waals surface area contributed by atoms with Crippen LogP contribution in [-0.2, 0) is 14.3 Å². The molecule has 0 bridgehead atoms. The molecule has 0 heterocycles. The highest BCUT2D eigenvalue weighted by atomic mass is 16.6. The molecular weight excluding hydrogens is 356 g/mol. The molecular formula is C23H22O5. The predicted molar refractivity (Wildman–Crippen MR) is 105 cm³/mol. The number of ketones is 2. The number of carbonyl (C=O) groups is 3. The van der Waals surface area contributed by atoms with Crippen molar-refractivity contribution in [3.8, 4) is 0 Å². The van der Waals surface area contributed by atoms with E-state index < -0.39 is 11.8 Å². The molecule has 1 aliphatic rings. The van der Waals surface area contributed by atoms with Crippen LogP contribution >= 0.6 is 0 Å². The number of hydrogen-bond acceptors (Lipinski definition) is 5. The average Bonchev–Trinajstić information content (AvgIpc) is 2.67. The quantitative estimate of drug-likeness (QED) is 0.449. The van der Waals surface area contributed by atoms with Crippen molar-refractivity contribution in [2.45, 2.75) is 26.4 Å². The first-order valence-corrected chi connectivity index (χ1v) is 9.09. The summed E-state index contributed by atoms with van der Waals surface area (Å²) in [6.07, 6.45) is 0. The lowest BCUT2D eigenvalue weighted by Gasteiger charge is -2.21. The number of rotatable bonds is 5. The van der Waals surface area contributed by atoms with Gasteiger partial charge in [0.25, 0.3) is 0 Å². The van der Waals surface area contributed by atoms with Crippen LogP contribution in [0.4, 0.5) is 0 Å². The third-order valence-corrected chi connectivity index (χ3v) is 4.24. The molecule has 28 heavy (non-hydrogen) atoms. The molecule has 0 N–H and O–H groups in total. The average molecular weight is 378 g/mol. The summed E-state index contributed by atoms with van der Waals surface area (Å²) >= 11 is 0. The van der Waals surface area contributed by atoms with E-state index in [1.807, 2.05) is 20.8 Å². The lowest BCUT2D eigenvalue weighted by molar-refractivity contribution is -0.141. The first-order chi connectivity index (χ1) is 13.3. The zero-order chi connectivity index (χ0) is 20.3. The molecule has 0 spiro atoms. The van der Waals surface area contributed by atoms with Crippen molar-refractivity contribution < 1.29 is 23.9 Å². The summed E-state index contributed by atoms with van der Waals surface area (Å²) in [5.74, 6) is -1.68. The van der Waals surface area contributed by atoms with Gasteiger partial charge in [-0.15, -0.1) is 0 Å². The SMILES string of the molecule is CC(C)(C)OCCOC(=O)C1=C(c2ccccc2)C(=O)c2ccccc2C1=O. The molecule has 3 rings (SSSR count). The van der Waals surface area contributed by atoms with Crippen molar-refractivity contribution in [2.24, 2.45) is 0 Å². The molecule has 0 amide bonds. The van der Waals surface area contributed by atoms with Gasteiger partial charge in [0.2, 0.25) is 5.78 Å². The van der Waals surface area contributed by atoms with E-state index in [2.05, 4.69) is 0 Å². The molecule has 5 heteroatoms. The minimum atomic E-state index is -0.816. The standard InChI is InChI=1S/C23H22O5/c1-23(2,3)28-14-13-27-22(26)19-18(15-9-5-4-6-10-15)20(24)16-11-7-8-12-17(16)21(19)25/h4-12H,13-14H2,1-3H3. The minimum Gasteiger partial charge on any atom is -0.460 e. The Morgan fingerprint density at radius 3 is 2.00 bits per heavy atom. The van der Waals surface area contributed by atoms with Gasteiger partial charge in [-0.3, -0.25) is 9.59 Å². The number of benzene rings is 2. The van der Waals surface area contributed by atoms with Crippen LogP contribution in [0.3, 0.4) is 0 Å². The maximum Gasteiger partial charge on any atom is 0.343 e. The largest absolute Gasteiger partial charge is 0.460 e. The highest BCUT2D eigenvalue weighted by Crippen LogP contribution is 2.33. The van der Waals surface area contributed by atoms with Crippen LogP contribution in [0.1, 0.15) is 47.1 Å². The van der Waals surface area contributed by atoms with Crippen LogP contribution in [-0.4, -0.2) is 36.4 Å². The summed E-state index contributed by atoms with van der Waals surface area (Å²) in [5.41, 5.74) is 0.491. The van der Waals surface area contributed by atoms with Crippen molar-refractivity contribution in [1.29, 1.82) is 0 Å². The maximum absolute atomic E-state index is 13.1. The predicted octanol–water partition coefficient (Wildman–Crippen LogP) is 3.88. The molecule has 0 saturated carbocycles. The molecule has 0 saturated heterocycles. The second-order valence-electron chi connectivity index (χ2n) is 7.42. The van der Waals surface area contributed by atoms with E-state index in [1.165, 1.54) is 0 Å². The van der Waals surface area contributed by atoms with Crippen LogP contribution in [0.15, 0.2) is 60.2 Å². The van der Waals surface area contributed by atoms with Gasteiger partial charge in [-0.1, -0.05) is 54.6 Å². The van der Waals surface area contributed by atoms with E-state index in [4.69, 9.17) is 9.47 Å². The molecule has 0 aromatic heterocycles. The van der Waals surface area contributed by atoms with Gasteiger partial charge in [-0.2, -0.15) is 0 Å². The van der Waals surface area contributed by atoms with E-state index in [9.17, 15) is 14.4 Å². The van der Waals surface area contributed by atoms with E-state index in [0.29, 0.717) is 11.1 Å². The highest BCUT2D eigenvalue weighted by Gasteiger charge is 2.37. The molecule has 0 radical (unpaired) electrons. The lowest BCUT2D eigenvalue weighted by Crippen LogP contribution is -2.28. The molecule has 0 aliphatic heterocycles. The minimum absolute atomic E-state index is 0.00914. The summed E-state index contributed by atoms with van der Waals surface area (Å²) in [5, 5.41) is 0. The van der Waals surface area contributed by atoms with Crippen molar-refractivity contribution in [1.82, 2.24) is 0 Å². The number of hydrogen-bond donors (Lipinski definition) is 0. The molecule has 0 atom stereocenters. The number of allylic oxidation sites excluding steroid dienone is 1. The summed E-state index contributed by atoms with van der Waals surface area (Å²) in [7, 11) is 0. The Kier molecular flexibility index (Phi) is 5.56. The Bertz CT molecular complexity index is 948. The second kappa shape index (κ2) is 7.90. The Hall–Kier alpha value is -3.05. The van der Waals surface area contributed by atoms with Gasteiger partial charge in [0.15, 0.2) is 5.78 Å². The number of carbonyl (C=O) groups excluding carboxylic acids is 3. The number of ether oxygens (including phenoxy) is 2. The lowest BCUT2D eigenvalue weighted by atomic mass is 9.81. The summed E-state index contributed by atoms with van der Waals surface area (Å²) in [6.45, 7) is 5.87. The smallest absolute Gasteiger partial charge is 0.343 e.